The Labute approximate surface area is 464 Å². The molecule has 1 amide bonds. The summed E-state index contributed by atoms with van der Waals surface area (Å²) < 4.78 is 81.9. The number of halogens is 6. The monoisotopic (exact) mass is 1120 g/mol. The second-order valence-electron chi connectivity index (χ2n) is 19.2. The second kappa shape index (κ2) is 26.7. The Hall–Kier alpha value is -9.10. The lowest BCUT2D eigenvalue weighted by Crippen LogP contribution is -2.23. The van der Waals surface area contributed by atoms with Gasteiger partial charge in [0.15, 0.2) is 11.6 Å². The summed E-state index contributed by atoms with van der Waals surface area (Å²) in [6.45, 7) is 15.6. The fourth-order valence-electron chi connectivity index (χ4n) is 7.63. The van der Waals surface area contributed by atoms with E-state index in [1.807, 2.05) is 98.8 Å². The maximum atomic E-state index is 13.6. The Bertz CT molecular complexity index is 3470. The summed E-state index contributed by atoms with van der Waals surface area (Å²) in [4.78, 5) is 40.7. The Morgan fingerprint density at radius 3 is 1.47 bits per heavy atom. The van der Waals surface area contributed by atoms with Crippen LogP contribution >= 0.6 is 0 Å². The van der Waals surface area contributed by atoms with E-state index in [9.17, 15) is 35.9 Å². The van der Waals surface area contributed by atoms with Crippen LogP contribution in [-0.2, 0) is 25.4 Å². The van der Waals surface area contributed by atoms with Crippen molar-refractivity contribution in [2.24, 2.45) is 0 Å². The minimum atomic E-state index is -4.58. The first-order chi connectivity index (χ1) is 38.2. The van der Waals surface area contributed by atoms with Gasteiger partial charge in [-0.3, -0.25) is 4.79 Å². The van der Waals surface area contributed by atoms with Gasteiger partial charge in [-0.05, 0) is 111 Å². The highest BCUT2D eigenvalue weighted by Crippen LogP contribution is 2.33. The molecule has 0 aliphatic carbocycles. The lowest BCUT2D eigenvalue weighted by molar-refractivity contribution is -0.138. The third-order valence-electron chi connectivity index (χ3n) is 11.8. The third kappa shape index (κ3) is 17.4. The zero-order chi connectivity index (χ0) is 59.3. The van der Waals surface area contributed by atoms with Crippen LogP contribution in [0.15, 0.2) is 110 Å². The summed E-state index contributed by atoms with van der Waals surface area (Å²) in [6, 6.07) is 24.8. The SMILES string of the molecule is CC(C)NCc1cc(C(=O)O)cc(C(F)(F)F)c1.CNc1cc(-n2nc(C)cc2Nc2cc(N)ccc2C)ncn1.CNc1cc(-n2nc(C)cc2Nc2cc(NC(=O)c3cc(CNC(C)C)cc(C(F)(F)F)c3)ccc2C)ncn1. The van der Waals surface area contributed by atoms with Crippen LogP contribution in [-0.4, -0.2) is 82.7 Å². The van der Waals surface area contributed by atoms with E-state index in [0.717, 1.165) is 58.0 Å². The number of carboxylic acids is 1. The van der Waals surface area contributed by atoms with Crippen molar-refractivity contribution in [2.45, 2.75) is 92.9 Å². The van der Waals surface area contributed by atoms with Crippen molar-refractivity contribution in [1.29, 1.82) is 0 Å². The molecule has 0 spiro atoms. The summed E-state index contributed by atoms with van der Waals surface area (Å²) in [5.74, 6) is 2.02. The minimum Gasteiger partial charge on any atom is -0.478 e. The molecule has 8 rings (SSSR count). The van der Waals surface area contributed by atoms with Gasteiger partial charge in [0.05, 0.1) is 28.1 Å². The molecule has 81 heavy (non-hydrogen) atoms. The van der Waals surface area contributed by atoms with Gasteiger partial charge in [0.25, 0.3) is 5.91 Å². The van der Waals surface area contributed by atoms with Gasteiger partial charge in [0.1, 0.15) is 35.9 Å². The number of benzene rings is 4. The van der Waals surface area contributed by atoms with Crippen LogP contribution in [0.3, 0.4) is 0 Å². The predicted octanol–water partition coefficient (Wildman–Crippen LogP) is 11.4. The molecule has 0 bridgehead atoms. The van der Waals surface area contributed by atoms with Crippen molar-refractivity contribution >= 4 is 57.9 Å². The summed E-state index contributed by atoms with van der Waals surface area (Å²) in [5, 5.41) is 39.3. The Morgan fingerprint density at radius 1 is 0.580 bits per heavy atom. The van der Waals surface area contributed by atoms with Gasteiger partial charge in [-0.2, -0.15) is 45.9 Å². The smallest absolute Gasteiger partial charge is 0.416 e. The summed E-state index contributed by atoms with van der Waals surface area (Å²) >= 11 is 0. The maximum absolute atomic E-state index is 13.6. The minimum absolute atomic E-state index is 0.0742. The molecule has 0 fully saturated rings. The van der Waals surface area contributed by atoms with Crippen LogP contribution in [0.25, 0.3) is 11.6 Å². The molecule has 0 radical (unpaired) electrons. The molecule has 10 N–H and O–H groups in total. The summed E-state index contributed by atoms with van der Waals surface area (Å²) in [5.41, 5.74) is 10.7. The van der Waals surface area contributed by atoms with Gasteiger partial charge in [0.2, 0.25) is 0 Å². The molecule has 0 aliphatic heterocycles. The van der Waals surface area contributed by atoms with E-state index in [0.29, 0.717) is 57.5 Å². The van der Waals surface area contributed by atoms with Crippen molar-refractivity contribution in [3.63, 3.8) is 0 Å². The highest BCUT2D eigenvalue weighted by Gasteiger charge is 2.33. The van der Waals surface area contributed by atoms with E-state index in [1.165, 1.54) is 24.8 Å². The highest BCUT2D eigenvalue weighted by molar-refractivity contribution is 6.05. The molecule has 0 atom stereocenters. The van der Waals surface area contributed by atoms with Crippen LogP contribution in [0.4, 0.5) is 72.4 Å². The fraction of sp³-hybridized carbons (Fsp3) is 0.286. The fourth-order valence-corrected chi connectivity index (χ4v) is 7.63. The maximum Gasteiger partial charge on any atom is 0.416 e. The normalized spacial score (nSPS) is 11.3. The number of anilines is 8. The lowest BCUT2D eigenvalue weighted by atomic mass is 10.0. The molecule has 4 aromatic heterocycles. The van der Waals surface area contributed by atoms with Gasteiger partial charge in [0, 0.05) is 91.8 Å². The van der Waals surface area contributed by atoms with E-state index in [4.69, 9.17) is 10.8 Å². The number of alkyl halides is 6. The average Bonchev–Trinajstić information content (AvgIpc) is 4.02. The van der Waals surface area contributed by atoms with E-state index < -0.39 is 35.4 Å². The van der Waals surface area contributed by atoms with Crippen molar-refractivity contribution < 1.29 is 41.0 Å². The molecule has 19 nitrogen and oxygen atoms in total. The molecular formula is C56H64F6N16O3. The van der Waals surface area contributed by atoms with Crippen molar-refractivity contribution in [3.8, 4) is 11.6 Å². The molecule has 428 valence electrons. The Kier molecular flexibility index (Phi) is 20.1. The number of nitrogens with two attached hydrogens (primary N) is 1. The number of rotatable bonds is 17. The number of nitrogen functional groups attached to an aromatic ring is 1. The number of hydrogen-bond donors (Lipinski definition) is 9. The first-order valence-electron chi connectivity index (χ1n) is 25.3. The van der Waals surface area contributed by atoms with Gasteiger partial charge in [-0.1, -0.05) is 39.8 Å². The predicted molar refractivity (Wildman–Crippen MR) is 302 cm³/mol. The van der Waals surface area contributed by atoms with Crippen LogP contribution in [0, 0.1) is 27.7 Å². The lowest BCUT2D eigenvalue weighted by Gasteiger charge is -2.15. The van der Waals surface area contributed by atoms with Gasteiger partial charge >= 0.3 is 18.3 Å². The van der Waals surface area contributed by atoms with Crippen molar-refractivity contribution in [2.75, 3.05) is 46.4 Å². The molecule has 0 saturated heterocycles. The molecule has 0 unspecified atom stereocenters. The van der Waals surface area contributed by atoms with E-state index in [2.05, 4.69) is 67.4 Å². The summed E-state index contributed by atoms with van der Waals surface area (Å²) in [7, 11) is 3.57. The van der Waals surface area contributed by atoms with E-state index in [1.54, 1.807) is 40.7 Å². The number of nitrogens with zero attached hydrogens (tertiary/aromatic N) is 8. The second-order valence-corrected chi connectivity index (χ2v) is 19.2. The van der Waals surface area contributed by atoms with Gasteiger partial charge in [-0.25, -0.2) is 24.7 Å². The largest absolute Gasteiger partial charge is 0.478 e. The average molecular weight is 1120 g/mol. The molecule has 4 aromatic carbocycles. The number of carbonyl (C=O) groups excluding carboxylic acids is 1. The molecule has 8 aromatic rings. The van der Waals surface area contributed by atoms with Crippen molar-refractivity contribution in [1.82, 2.24) is 50.1 Å². The van der Waals surface area contributed by atoms with Gasteiger partial charge < -0.3 is 48.1 Å². The number of aromatic carboxylic acids is 1. The van der Waals surface area contributed by atoms with E-state index >= 15 is 0 Å². The Balaban J connectivity index is 0.000000217. The standard InChI is InChI=1S/C28H31F3N8O.C16H19N7.C12H14F3NO2/c1-16(2)33-14-19-9-20(11-21(10-19)28(29,30)31)27(40)36-22-7-6-17(3)23(12-22)37-26-8-18(4)38-39(26)25-13-24(32-5)34-15-35-25;1-10-4-5-12(17)7-13(10)21-16-6-11(2)22-23(16)15-8-14(18-3)19-9-20-15;1-7(2)16-6-8-3-9(11(17)18)5-10(4-8)12(13,14)15/h6-13,15-16,33,37H,14H2,1-5H3,(H,36,40)(H,32,34,35);4-9,21H,17H2,1-3H3,(H,18,19,20);3-5,7,16H,6H2,1-2H3,(H,17,18). The van der Waals surface area contributed by atoms with Crippen LogP contribution in [0.5, 0.6) is 0 Å². The first kappa shape index (κ1) is 61.1. The highest BCUT2D eigenvalue weighted by atomic mass is 19.4. The van der Waals surface area contributed by atoms with Crippen LogP contribution in [0.2, 0.25) is 0 Å². The molecule has 4 heterocycles. The topological polar surface area (TPSA) is 252 Å². The van der Waals surface area contributed by atoms with Crippen LogP contribution in [0.1, 0.15) is 93.2 Å². The number of nitrogens with one attached hydrogen (secondary N) is 7. The quantitative estimate of drug-likeness (QED) is 0.0304. The molecule has 25 heteroatoms. The van der Waals surface area contributed by atoms with Crippen LogP contribution < -0.4 is 43.0 Å². The third-order valence-corrected chi connectivity index (χ3v) is 11.8. The van der Waals surface area contributed by atoms with Crippen molar-refractivity contribution in [3.05, 3.63) is 166 Å². The number of carboxylic acid groups (broad SMARTS) is 1. The number of amides is 1. The summed E-state index contributed by atoms with van der Waals surface area (Å²) in [6.07, 6.45) is -6.18. The number of hydrogen-bond acceptors (Lipinski definition) is 15. The van der Waals surface area contributed by atoms with Gasteiger partial charge in [-0.15, -0.1) is 0 Å². The molecule has 0 saturated carbocycles. The zero-order valence-electron chi connectivity index (χ0n) is 46.1. The first-order valence-corrected chi connectivity index (χ1v) is 25.3. The van der Waals surface area contributed by atoms with E-state index in [-0.39, 0.29) is 36.3 Å². The molecular weight excluding hydrogens is 1060 g/mol. The Morgan fingerprint density at radius 2 is 1.02 bits per heavy atom. The zero-order valence-corrected chi connectivity index (χ0v) is 46.1. The number of aromatic nitrogens is 8. The molecule has 0 aliphatic rings. The number of aryl methyl sites for hydroxylation is 4. The number of carbonyl (C=O) groups is 2.